The summed E-state index contributed by atoms with van der Waals surface area (Å²) >= 11 is 0. The number of hydrogen-bond acceptors (Lipinski definition) is 4. The summed E-state index contributed by atoms with van der Waals surface area (Å²) in [6, 6.07) is 27.5. The van der Waals surface area contributed by atoms with E-state index in [1.165, 1.54) is 33.4 Å². The molecule has 0 fully saturated rings. The third-order valence-corrected chi connectivity index (χ3v) is 9.87. The Morgan fingerprint density at radius 1 is 0.820 bits per heavy atom. The fourth-order valence-electron chi connectivity index (χ4n) is 7.03. The van der Waals surface area contributed by atoms with Crippen molar-refractivity contribution < 1.29 is 34.4 Å². The normalized spacial score (nSPS) is 12.0. The molecule has 50 heavy (non-hydrogen) atoms. The third kappa shape index (κ3) is 8.22. The number of carbonyl (C=O) groups is 1. The zero-order valence-electron chi connectivity index (χ0n) is 30.9. The van der Waals surface area contributed by atoms with Gasteiger partial charge in [-0.2, -0.15) is 0 Å². The molecule has 0 atom stereocenters. The predicted octanol–water partition coefficient (Wildman–Crippen LogP) is 12.9. The largest absolute Gasteiger partial charge is 0.512 e. The Kier molecular flexibility index (Phi) is 13.6. The van der Waals surface area contributed by atoms with E-state index in [1.807, 2.05) is 33.9 Å². The second-order valence-electron chi connectivity index (χ2n) is 14.0. The van der Waals surface area contributed by atoms with Gasteiger partial charge in [-0.05, 0) is 66.3 Å². The number of benzene rings is 4. The van der Waals surface area contributed by atoms with Crippen LogP contribution in [0.15, 0.2) is 89.2 Å². The molecule has 2 aromatic heterocycles. The van der Waals surface area contributed by atoms with Crippen LogP contribution in [-0.2, 0) is 31.3 Å². The number of para-hydroxylation sites is 1. The summed E-state index contributed by atoms with van der Waals surface area (Å²) < 4.78 is 6.57. The Hall–Kier alpha value is -3.79. The minimum atomic E-state index is 0. The smallest absolute Gasteiger partial charge is 0.162 e. The number of carbonyl (C=O) groups excluding carboxylic acids is 1. The SMILES string of the molecule is CC(C)Cc1cccc2c1oc1c(-c3[c-]c4ccc5ccccc5c4c(C(C)C)c3)nccc12.CCC(CC)C(=O)/C=C(\O)C(CC)CC.[Ir]. The summed E-state index contributed by atoms with van der Waals surface area (Å²) in [6.45, 7) is 17.1. The summed E-state index contributed by atoms with van der Waals surface area (Å²) in [4.78, 5) is 16.5. The molecule has 0 amide bonds. The van der Waals surface area contributed by atoms with Gasteiger partial charge in [0.25, 0.3) is 0 Å². The van der Waals surface area contributed by atoms with Crippen LogP contribution in [0.3, 0.4) is 0 Å². The number of furan rings is 1. The topological polar surface area (TPSA) is 63.3 Å². The molecule has 0 spiro atoms. The van der Waals surface area contributed by atoms with Gasteiger partial charge in [-0.3, -0.25) is 9.78 Å². The quantitative estimate of drug-likeness (QED) is 0.0611. The van der Waals surface area contributed by atoms with E-state index in [0.29, 0.717) is 11.8 Å². The average molecular weight is 847 g/mol. The molecule has 2 heterocycles. The van der Waals surface area contributed by atoms with Crippen LogP contribution >= 0.6 is 0 Å². The van der Waals surface area contributed by atoms with E-state index in [1.54, 1.807) is 0 Å². The van der Waals surface area contributed by atoms with Gasteiger partial charge in [0.15, 0.2) is 5.78 Å². The summed E-state index contributed by atoms with van der Waals surface area (Å²) in [5.41, 5.74) is 6.25. The van der Waals surface area contributed by atoms with Crippen molar-refractivity contribution in [1.82, 2.24) is 4.98 Å². The molecule has 0 saturated carbocycles. The number of pyridine rings is 1. The van der Waals surface area contributed by atoms with Gasteiger partial charge in [-0.1, -0.05) is 115 Å². The van der Waals surface area contributed by atoms with E-state index in [0.717, 1.165) is 70.7 Å². The van der Waals surface area contributed by atoms with E-state index in [2.05, 4.69) is 100 Å². The Morgan fingerprint density at radius 2 is 1.48 bits per heavy atom. The molecule has 0 bridgehead atoms. The van der Waals surface area contributed by atoms with E-state index in [4.69, 9.17) is 9.40 Å². The van der Waals surface area contributed by atoms with E-state index >= 15 is 0 Å². The Morgan fingerprint density at radius 3 is 2.14 bits per heavy atom. The van der Waals surface area contributed by atoms with Crippen molar-refractivity contribution in [2.24, 2.45) is 17.8 Å². The number of rotatable bonds is 11. The van der Waals surface area contributed by atoms with Gasteiger partial charge < -0.3 is 9.52 Å². The van der Waals surface area contributed by atoms with Gasteiger partial charge >= 0.3 is 0 Å². The number of hydrogen-bond donors (Lipinski definition) is 1. The van der Waals surface area contributed by atoms with Gasteiger partial charge in [-0.15, -0.1) is 29.1 Å². The number of allylic oxidation sites excluding steroid dienone is 2. The molecule has 1 radical (unpaired) electrons. The first-order chi connectivity index (χ1) is 23.6. The second kappa shape index (κ2) is 17.4. The van der Waals surface area contributed by atoms with Crippen molar-refractivity contribution in [2.75, 3.05) is 0 Å². The van der Waals surface area contributed by atoms with Crippen molar-refractivity contribution in [2.45, 2.75) is 93.4 Å². The summed E-state index contributed by atoms with van der Waals surface area (Å²) in [6.07, 6.45) is 7.80. The average Bonchev–Trinajstić information content (AvgIpc) is 3.49. The number of aromatic nitrogens is 1. The zero-order chi connectivity index (χ0) is 35.2. The number of nitrogens with zero attached hydrogens (tertiary/aromatic N) is 1. The Labute approximate surface area is 311 Å². The van der Waals surface area contributed by atoms with Crippen LogP contribution in [-0.4, -0.2) is 15.9 Å². The minimum Gasteiger partial charge on any atom is -0.512 e. The Balaban J connectivity index is 0.000000301. The number of aliphatic hydroxyl groups excluding tert-OH is 1. The molecule has 5 heteroatoms. The molecule has 1 N–H and O–H groups in total. The van der Waals surface area contributed by atoms with Gasteiger partial charge in [-0.25, -0.2) is 0 Å². The third-order valence-electron chi connectivity index (χ3n) is 9.87. The second-order valence-corrected chi connectivity index (χ2v) is 14.0. The van der Waals surface area contributed by atoms with E-state index in [9.17, 15) is 9.90 Å². The van der Waals surface area contributed by atoms with E-state index in [-0.39, 0.29) is 43.5 Å². The first-order valence-corrected chi connectivity index (χ1v) is 18.2. The maximum atomic E-state index is 11.7. The predicted molar refractivity (Wildman–Crippen MR) is 207 cm³/mol. The van der Waals surface area contributed by atoms with Crippen molar-refractivity contribution in [3.05, 3.63) is 102 Å². The number of aliphatic hydroxyl groups is 1. The van der Waals surface area contributed by atoms with Gasteiger partial charge in [0.1, 0.15) is 11.2 Å². The van der Waals surface area contributed by atoms with Crippen LogP contribution < -0.4 is 0 Å². The minimum absolute atomic E-state index is 0. The molecule has 4 nitrogen and oxygen atoms in total. The molecule has 0 aliphatic rings. The maximum absolute atomic E-state index is 11.7. The summed E-state index contributed by atoms with van der Waals surface area (Å²) in [7, 11) is 0. The fraction of sp³-hybridized carbons (Fsp3) is 0.378. The van der Waals surface area contributed by atoms with Crippen LogP contribution in [0.4, 0.5) is 0 Å². The van der Waals surface area contributed by atoms with Crippen molar-refractivity contribution in [3.63, 3.8) is 0 Å². The van der Waals surface area contributed by atoms with Crippen molar-refractivity contribution in [1.29, 1.82) is 0 Å². The van der Waals surface area contributed by atoms with Crippen molar-refractivity contribution >= 4 is 49.3 Å². The molecular formula is C45H52IrNO3-. The van der Waals surface area contributed by atoms with Gasteiger partial charge in [0.05, 0.1) is 5.76 Å². The van der Waals surface area contributed by atoms with E-state index < -0.39 is 0 Å². The Bertz CT molecular complexity index is 2100. The molecule has 265 valence electrons. The molecular weight excluding hydrogens is 795 g/mol. The molecule has 0 aliphatic carbocycles. The van der Waals surface area contributed by atoms with Crippen LogP contribution in [0.1, 0.15) is 98.1 Å². The van der Waals surface area contributed by atoms with Crippen LogP contribution in [0.25, 0.3) is 54.7 Å². The van der Waals surface area contributed by atoms with Crippen LogP contribution in [0.5, 0.6) is 0 Å². The monoisotopic (exact) mass is 847 g/mol. The molecule has 0 unspecified atom stereocenters. The van der Waals surface area contributed by atoms with Gasteiger partial charge in [0, 0.05) is 60.7 Å². The molecule has 6 aromatic rings. The first kappa shape index (κ1) is 39.0. The van der Waals surface area contributed by atoms with Crippen molar-refractivity contribution in [3.8, 4) is 11.3 Å². The first-order valence-electron chi connectivity index (χ1n) is 18.2. The number of fused-ring (bicyclic) bond motifs is 6. The fourth-order valence-corrected chi connectivity index (χ4v) is 7.03. The molecule has 6 rings (SSSR count). The van der Waals surface area contributed by atoms with Crippen LogP contribution in [0.2, 0.25) is 0 Å². The molecule has 4 aromatic carbocycles. The number of ketones is 1. The standard InChI is InChI=1S/C32H28NO.C13H24O2.Ir/c1-19(2)16-23-9-7-11-26-27-14-15-33-30(32(27)34-31(23)26)24-17-22-13-12-21-8-5-6-10-25(21)29(22)28(18-24)20(3)4;1-5-10(6-2)12(14)9-13(15)11(7-3)8-4;/h5-15,18-20H,16H2,1-4H3;9-11,14H,5-8H2,1-4H3;/q-1;;/b;12-9-;. The van der Waals surface area contributed by atoms with Gasteiger partial charge in [0.2, 0.25) is 0 Å². The molecule has 0 saturated heterocycles. The van der Waals surface area contributed by atoms with Crippen LogP contribution in [0, 0.1) is 23.8 Å². The zero-order valence-corrected chi connectivity index (χ0v) is 33.3. The summed E-state index contributed by atoms with van der Waals surface area (Å²) in [5.74, 6) is 1.48. The molecule has 0 aliphatic heterocycles. The maximum Gasteiger partial charge on any atom is 0.162 e. The summed E-state index contributed by atoms with van der Waals surface area (Å²) in [5, 5.41) is 17.0.